The number of hydrazine groups is 1. The van der Waals surface area contributed by atoms with Crippen LogP contribution in [0, 0.1) is 12.7 Å². The Labute approximate surface area is 144 Å². The zero-order valence-electron chi connectivity index (χ0n) is 13.1. The van der Waals surface area contributed by atoms with Crippen molar-refractivity contribution in [1.29, 1.82) is 0 Å². The summed E-state index contributed by atoms with van der Waals surface area (Å²) in [4.78, 5) is 13.2. The highest BCUT2D eigenvalue weighted by Crippen LogP contribution is 2.12. The van der Waals surface area contributed by atoms with Crippen molar-refractivity contribution < 1.29 is 26.0 Å². The third-order valence-electron chi connectivity index (χ3n) is 3.15. The van der Waals surface area contributed by atoms with Crippen LogP contribution in [0.3, 0.4) is 0 Å². The number of amides is 1. The van der Waals surface area contributed by atoms with E-state index in [1.54, 1.807) is 19.1 Å². The maximum atomic E-state index is 12.8. The molecule has 2 rings (SSSR count). The molecule has 0 unspecified atom stereocenters. The van der Waals surface area contributed by atoms with E-state index >= 15 is 0 Å². The van der Waals surface area contributed by atoms with Crippen molar-refractivity contribution in [2.45, 2.75) is 16.7 Å². The Bertz CT molecular complexity index is 970. The molecule has 0 aliphatic carbocycles. The molecule has 25 heavy (non-hydrogen) atoms. The zero-order valence-corrected chi connectivity index (χ0v) is 14.7. The van der Waals surface area contributed by atoms with Gasteiger partial charge in [0.05, 0.1) is 9.79 Å². The molecule has 134 valence electrons. The van der Waals surface area contributed by atoms with Crippen LogP contribution in [0.5, 0.6) is 0 Å². The molecule has 0 saturated heterocycles. The molecule has 0 aliphatic rings. The standard InChI is InChI=1S/C15H15FN2O5S2/c1-11-2-6-14(7-3-11)25(22,23)18-17-15(19)10-24(20,21)13-8-4-12(16)5-9-13/h2-9,18H,10H2,1H3,(H,17,19). The van der Waals surface area contributed by atoms with Gasteiger partial charge in [0, 0.05) is 0 Å². The highest BCUT2D eigenvalue weighted by Gasteiger charge is 2.21. The summed E-state index contributed by atoms with van der Waals surface area (Å²) in [6, 6.07) is 9.79. The topological polar surface area (TPSA) is 109 Å². The monoisotopic (exact) mass is 386 g/mol. The molecule has 2 aromatic rings. The number of hydrogen-bond acceptors (Lipinski definition) is 5. The van der Waals surface area contributed by atoms with Gasteiger partial charge in [-0.15, -0.1) is 4.83 Å². The highest BCUT2D eigenvalue weighted by atomic mass is 32.2. The van der Waals surface area contributed by atoms with Crippen LogP contribution >= 0.6 is 0 Å². The molecule has 2 N–H and O–H groups in total. The Balaban J connectivity index is 2.02. The van der Waals surface area contributed by atoms with Gasteiger partial charge in [0.1, 0.15) is 11.6 Å². The van der Waals surface area contributed by atoms with Crippen LogP contribution in [-0.2, 0) is 24.7 Å². The van der Waals surface area contributed by atoms with Crippen LogP contribution in [-0.4, -0.2) is 28.5 Å². The van der Waals surface area contributed by atoms with E-state index in [-0.39, 0.29) is 9.79 Å². The van der Waals surface area contributed by atoms with Crippen LogP contribution < -0.4 is 10.3 Å². The maximum absolute atomic E-state index is 12.8. The van der Waals surface area contributed by atoms with Crippen LogP contribution in [0.4, 0.5) is 4.39 Å². The van der Waals surface area contributed by atoms with Gasteiger partial charge < -0.3 is 0 Å². The predicted molar refractivity (Wildman–Crippen MR) is 88.1 cm³/mol. The van der Waals surface area contributed by atoms with Gasteiger partial charge in [0.15, 0.2) is 9.84 Å². The van der Waals surface area contributed by atoms with E-state index in [0.29, 0.717) is 0 Å². The third-order valence-corrected chi connectivity index (χ3v) is 6.05. The quantitative estimate of drug-likeness (QED) is 0.567. The Kier molecular flexibility index (Phi) is 5.55. The molecule has 0 aromatic heterocycles. The van der Waals surface area contributed by atoms with E-state index < -0.39 is 37.3 Å². The van der Waals surface area contributed by atoms with Crippen LogP contribution in [0.2, 0.25) is 0 Å². The summed E-state index contributed by atoms with van der Waals surface area (Å²) < 4.78 is 60.9. The van der Waals surface area contributed by atoms with E-state index in [0.717, 1.165) is 29.8 Å². The molecule has 0 saturated carbocycles. The predicted octanol–water partition coefficient (Wildman–Crippen LogP) is 0.918. The second-order valence-corrected chi connectivity index (χ2v) is 8.85. The molecule has 0 atom stereocenters. The fourth-order valence-electron chi connectivity index (χ4n) is 1.83. The minimum Gasteiger partial charge on any atom is -0.277 e. The lowest BCUT2D eigenvalue weighted by molar-refractivity contribution is -0.119. The summed E-state index contributed by atoms with van der Waals surface area (Å²) in [6.45, 7) is 1.78. The number of hydrogen-bond donors (Lipinski definition) is 2. The van der Waals surface area contributed by atoms with Crippen molar-refractivity contribution in [3.63, 3.8) is 0 Å². The van der Waals surface area contributed by atoms with Crippen LogP contribution in [0.25, 0.3) is 0 Å². The lowest BCUT2D eigenvalue weighted by Crippen LogP contribution is -2.44. The van der Waals surface area contributed by atoms with Gasteiger partial charge in [-0.05, 0) is 43.3 Å². The average Bonchev–Trinajstić information content (AvgIpc) is 2.53. The minimum atomic E-state index is -4.03. The number of aryl methyl sites for hydroxylation is 1. The molecule has 0 spiro atoms. The van der Waals surface area contributed by atoms with Gasteiger partial charge in [0.2, 0.25) is 0 Å². The summed E-state index contributed by atoms with van der Waals surface area (Å²) in [6.07, 6.45) is 0. The first kappa shape index (κ1) is 19.0. The molecule has 0 radical (unpaired) electrons. The number of sulfonamides is 1. The van der Waals surface area contributed by atoms with E-state index in [2.05, 4.69) is 0 Å². The van der Waals surface area contributed by atoms with E-state index in [1.807, 2.05) is 10.3 Å². The Morgan fingerprint density at radius 3 is 2.00 bits per heavy atom. The minimum absolute atomic E-state index is 0.0835. The SMILES string of the molecule is Cc1ccc(S(=O)(=O)NNC(=O)CS(=O)(=O)c2ccc(F)cc2)cc1. The first-order valence-corrected chi connectivity index (χ1v) is 10.1. The van der Waals surface area contributed by atoms with E-state index in [1.165, 1.54) is 12.1 Å². The summed E-state index contributed by atoms with van der Waals surface area (Å²) in [7, 11) is -8.05. The average molecular weight is 386 g/mol. The highest BCUT2D eigenvalue weighted by molar-refractivity contribution is 7.92. The molecule has 0 fully saturated rings. The van der Waals surface area contributed by atoms with E-state index in [4.69, 9.17) is 0 Å². The van der Waals surface area contributed by atoms with Crippen molar-refractivity contribution in [3.05, 3.63) is 59.9 Å². The van der Waals surface area contributed by atoms with Crippen LogP contribution in [0.1, 0.15) is 5.56 Å². The van der Waals surface area contributed by atoms with Gasteiger partial charge >= 0.3 is 0 Å². The number of halogens is 1. The number of rotatable bonds is 6. The van der Waals surface area contributed by atoms with Gasteiger partial charge in [-0.25, -0.2) is 21.2 Å². The lowest BCUT2D eigenvalue weighted by atomic mass is 10.2. The summed E-state index contributed by atoms with van der Waals surface area (Å²) in [5, 5.41) is 0. The molecule has 7 nitrogen and oxygen atoms in total. The number of carbonyl (C=O) groups excluding carboxylic acids is 1. The first-order valence-electron chi connectivity index (χ1n) is 6.96. The Morgan fingerprint density at radius 2 is 1.44 bits per heavy atom. The third kappa shape index (κ3) is 5.08. The van der Waals surface area contributed by atoms with Gasteiger partial charge in [-0.1, -0.05) is 17.7 Å². The van der Waals surface area contributed by atoms with Crippen molar-refractivity contribution >= 4 is 25.8 Å². The van der Waals surface area contributed by atoms with Crippen molar-refractivity contribution in [3.8, 4) is 0 Å². The smallest absolute Gasteiger partial charge is 0.257 e. The zero-order chi connectivity index (χ0) is 18.7. The molecule has 0 aliphatic heterocycles. The van der Waals surface area contributed by atoms with Crippen LogP contribution in [0.15, 0.2) is 58.3 Å². The summed E-state index contributed by atoms with van der Waals surface area (Å²) in [5.41, 5.74) is 2.70. The Hall–Kier alpha value is -2.30. The number of benzene rings is 2. The van der Waals surface area contributed by atoms with Crippen molar-refractivity contribution in [2.75, 3.05) is 5.75 Å². The van der Waals surface area contributed by atoms with E-state index in [9.17, 15) is 26.0 Å². The lowest BCUT2D eigenvalue weighted by Gasteiger charge is -2.09. The van der Waals surface area contributed by atoms with Gasteiger partial charge in [0.25, 0.3) is 15.9 Å². The Morgan fingerprint density at radius 1 is 0.920 bits per heavy atom. The second kappa shape index (κ2) is 7.30. The second-order valence-electron chi connectivity index (χ2n) is 5.18. The number of carbonyl (C=O) groups is 1. The molecular formula is C15H15FN2O5S2. The molecule has 0 heterocycles. The maximum Gasteiger partial charge on any atom is 0.257 e. The molecule has 0 bridgehead atoms. The first-order chi connectivity index (χ1) is 11.6. The fourth-order valence-corrected chi connectivity index (χ4v) is 3.83. The summed E-state index contributed by atoms with van der Waals surface area (Å²) in [5.74, 6) is -2.68. The van der Waals surface area contributed by atoms with Gasteiger partial charge in [-0.3, -0.25) is 10.2 Å². The molecule has 10 heteroatoms. The van der Waals surface area contributed by atoms with Crippen molar-refractivity contribution in [2.24, 2.45) is 0 Å². The normalized spacial score (nSPS) is 11.9. The fraction of sp³-hybridized carbons (Fsp3) is 0.133. The number of sulfone groups is 1. The largest absolute Gasteiger partial charge is 0.277 e. The summed E-state index contributed by atoms with van der Waals surface area (Å²) >= 11 is 0. The molecule has 1 amide bonds. The van der Waals surface area contributed by atoms with Gasteiger partial charge in [-0.2, -0.15) is 0 Å². The molecule has 2 aromatic carbocycles. The number of nitrogens with one attached hydrogen (secondary N) is 2. The molecular weight excluding hydrogens is 371 g/mol. The van der Waals surface area contributed by atoms with Crippen molar-refractivity contribution in [1.82, 2.24) is 10.3 Å².